The summed E-state index contributed by atoms with van der Waals surface area (Å²) in [6, 6.07) is 19.7. The number of thiocarbonyl (C=S) groups is 1. The van der Waals surface area contributed by atoms with Crippen molar-refractivity contribution in [2.24, 2.45) is 0 Å². The lowest BCUT2D eigenvalue weighted by molar-refractivity contribution is 0.494. The smallest absolute Gasteiger partial charge is 0.174 e. The number of anilines is 1. The van der Waals surface area contributed by atoms with Crippen LogP contribution in [0, 0.1) is 13.8 Å². The second kappa shape index (κ2) is 7.88. The van der Waals surface area contributed by atoms with E-state index in [4.69, 9.17) is 12.2 Å². The van der Waals surface area contributed by atoms with Gasteiger partial charge in [-0.2, -0.15) is 0 Å². The summed E-state index contributed by atoms with van der Waals surface area (Å²) in [6.45, 7) is 4.53. The average Bonchev–Trinajstić information content (AvgIpc) is 3.47. The van der Waals surface area contributed by atoms with Crippen LogP contribution in [0.4, 0.5) is 5.69 Å². The van der Waals surface area contributed by atoms with Gasteiger partial charge in [0.25, 0.3) is 0 Å². The van der Waals surface area contributed by atoms with Crippen LogP contribution in [-0.2, 0) is 0 Å². The van der Waals surface area contributed by atoms with Crippen molar-refractivity contribution in [2.45, 2.75) is 57.7 Å². The van der Waals surface area contributed by atoms with E-state index >= 15 is 0 Å². The van der Waals surface area contributed by atoms with Gasteiger partial charge < -0.3 is 14.8 Å². The van der Waals surface area contributed by atoms with Crippen LogP contribution < -0.4 is 10.2 Å². The minimum atomic E-state index is 0.0106. The predicted octanol–water partition coefficient (Wildman–Crippen LogP) is 5.79. The molecule has 2 atom stereocenters. The summed E-state index contributed by atoms with van der Waals surface area (Å²) < 4.78 is 2.57. The molecule has 154 valence electrons. The van der Waals surface area contributed by atoms with Crippen LogP contribution in [-0.4, -0.2) is 14.7 Å². The number of aromatic nitrogens is 2. The Hall–Kier alpha value is -2.66. The number of nitrogens with zero attached hydrogens (tertiary/aromatic N) is 3. The zero-order valence-electron chi connectivity index (χ0n) is 17.6. The molecule has 3 aromatic rings. The SMILES string of the molecule is Cc1cc([C@@H]2[C@H](c3ccccn3)NC(=S)N2c2ccccc2)c(C)n1C1CCCC1. The van der Waals surface area contributed by atoms with Crippen molar-refractivity contribution in [3.05, 3.63) is 83.4 Å². The lowest BCUT2D eigenvalue weighted by Crippen LogP contribution is -2.29. The molecule has 5 rings (SSSR count). The van der Waals surface area contributed by atoms with E-state index < -0.39 is 0 Å². The predicted molar refractivity (Wildman–Crippen MR) is 126 cm³/mol. The van der Waals surface area contributed by atoms with Crippen LogP contribution in [0.3, 0.4) is 0 Å². The van der Waals surface area contributed by atoms with Gasteiger partial charge in [0.05, 0.1) is 17.8 Å². The van der Waals surface area contributed by atoms with E-state index in [1.54, 1.807) is 0 Å². The van der Waals surface area contributed by atoms with Gasteiger partial charge in [-0.3, -0.25) is 4.98 Å². The van der Waals surface area contributed by atoms with Gasteiger partial charge in [0.2, 0.25) is 0 Å². The highest BCUT2D eigenvalue weighted by atomic mass is 32.1. The van der Waals surface area contributed by atoms with E-state index in [1.807, 2.05) is 18.3 Å². The zero-order valence-corrected chi connectivity index (χ0v) is 18.4. The van der Waals surface area contributed by atoms with Crippen molar-refractivity contribution in [3.8, 4) is 0 Å². The lowest BCUT2D eigenvalue weighted by atomic mass is 9.96. The molecule has 1 aliphatic carbocycles. The van der Waals surface area contributed by atoms with E-state index in [0.717, 1.165) is 16.5 Å². The molecule has 5 heteroatoms. The normalized spacial score (nSPS) is 21.9. The third-order valence-electron chi connectivity index (χ3n) is 6.66. The number of aryl methyl sites for hydroxylation is 1. The molecule has 1 aromatic carbocycles. The first kappa shape index (κ1) is 19.3. The van der Waals surface area contributed by atoms with Crippen molar-refractivity contribution in [1.29, 1.82) is 0 Å². The Morgan fingerprint density at radius 1 is 1.00 bits per heavy atom. The topological polar surface area (TPSA) is 33.1 Å². The zero-order chi connectivity index (χ0) is 20.7. The van der Waals surface area contributed by atoms with Crippen molar-refractivity contribution in [1.82, 2.24) is 14.9 Å². The Kier molecular flexibility index (Phi) is 5.07. The summed E-state index contributed by atoms with van der Waals surface area (Å²) in [6.07, 6.45) is 7.09. The molecule has 2 aliphatic rings. The van der Waals surface area contributed by atoms with E-state index in [0.29, 0.717) is 6.04 Å². The monoisotopic (exact) mass is 416 g/mol. The number of nitrogens with one attached hydrogen (secondary N) is 1. The van der Waals surface area contributed by atoms with Crippen molar-refractivity contribution in [2.75, 3.05) is 4.90 Å². The van der Waals surface area contributed by atoms with Gasteiger partial charge in [0, 0.05) is 29.3 Å². The molecular weight excluding hydrogens is 388 g/mol. The van der Waals surface area contributed by atoms with Crippen LogP contribution >= 0.6 is 12.2 Å². The quantitative estimate of drug-likeness (QED) is 0.546. The largest absolute Gasteiger partial charge is 0.351 e. The second-order valence-corrected chi connectivity index (χ2v) is 8.85. The molecule has 2 aromatic heterocycles. The number of rotatable bonds is 4. The third kappa shape index (κ3) is 3.21. The first-order valence-corrected chi connectivity index (χ1v) is 11.3. The van der Waals surface area contributed by atoms with Gasteiger partial charge in [0.1, 0.15) is 0 Å². The molecule has 0 radical (unpaired) electrons. The molecule has 0 unspecified atom stereocenters. The fraction of sp³-hybridized carbons (Fsp3) is 0.360. The van der Waals surface area contributed by atoms with Crippen LogP contribution in [0.25, 0.3) is 0 Å². The minimum Gasteiger partial charge on any atom is -0.351 e. The number of hydrogen-bond acceptors (Lipinski definition) is 2. The van der Waals surface area contributed by atoms with E-state index in [-0.39, 0.29) is 12.1 Å². The molecule has 30 heavy (non-hydrogen) atoms. The number of pyridine rings is 1. The van der Waals surface area contributed by atoms with Crippen molar-refractivity contribution >= 4 is 23.0 Å². The molecule has 2 fully saturated rings. The van der Waals surface area contributed by atoms with Crippen molar-refractivity contribution in [3.63, 3.8) is 0 Å². The lowest BCUT2D eigenvalue weighted by Gasteiger charge is -2.28. The Morgan fingerprint density at radius 3 is 2.43 bits per heavy atom. The molecule has 3 heterocycles. The summed E-state index contributed by atoms with van der Waals surface area (Å²) in [4.78, 5) is 6.95. The first-order valence-electron chi connectivity index (χ1n) is 10.9. The number of hydrogen-bond donors (Lipinski definition) is 1. The summed E-state index contributed by atoms with van der Waals surface area (Å²) in [5.74, 6) is 0. The highest BCUT2D eigenvalue weighted by molar-refractivity contribution is 7.80. The molecule has 0 spiro atoms. The maximum Gasteiger partial charge on any atom is 0.174 e. The molecular formula is C25H28N4S. The molecule has 1 saturated heterocycles. The first-order chi connectivity index (χ1) is 14.6. The summed E-state index contributed by atoms with van der Waals surface area (Å²) >= 11 is 5.85. The van der Waals surface area contributed by atoms with Crippen LogP contribution in [0.2, 0.25) is 0 Å². The molecule has 0 amide bonds. The molecule has 1 N–H and O–H groups in total. The highest BCUT2D eigenvalue weighted by Gasteiger charge is 2.42. The van der Waals surface area contributed by atoms with Crippen LogP contribution in [0.15, 0.2) is 60.8 Å². The maximum atomic E-state index is 5.85. The number of para-hydroxylation sites is 1. The highest BCUT2D eigenvalue weighted by Crippen LogP contribution is 2.44. The Labute approximate surface area is 183 Å². The van der Waals surface area contributed by atoms with Gasteiger partial charge in [-0.1, -0.05) is 37.1 Å². The molecule has 1 aliphatic heterocycles. The Bertz CT molecular complexity index is 1040. The second-order valence-electron chi connectivity index (χ2n) is 8.47. The molecule has 1 saturated carbocycles. The van der Waals surface area contributed by atoms with Gasteiger partial charge >= 0.3 is 0 Å². The van der Waals surface area contributed by atoms with E-state index in [9.17, 15) is 0 Å². The van der Waals surface area contributed by atoms with E-state index in [1.165, 1.54) is 42.6 Å². The van der Waals surface area contributed by atoms with Gasteiger partial charge in [-0.25, -0.2) is 0 Å². The van der Waals surface area contributed by atoms with Crippen LogP contribution in [0.5, 0.6) is 0 Å². The van der Waals surface area contributed by atoms with Gasteiger partial charge in [-0.05, 0) is 74.8 Å². The molecule has 4 nitrogen and oxygen atoms in total. The van der Waals surface area contributed by atoms with Crippen molar-refractivity contribution < 1.29 is 0 Å². The minimum absolute atomic E-state index is 0.0106. The van der Waals surface area contributed by atoms with Gasteiger partial charge in [-0.15, -0.1) is 0 Å². The van der Waals surface area contributed by atoms with Crippen LogP contribution in [0.1, 0.15) is 66.5 Å². The Morgan fingerprint density at radius 2 is 1.73 bits per heavy atom. The average molecular weight is 417 g/mol. The number of benzene rings is 1. The third-order valence-corrected chi connectivity index (χ3v) is 6.98. The standard InChI is InChI=1S/C25H28N4S/c1-17-16-21(18(2)28(17)19-12-6-7-13-19)24-23(22-14-8-9-15-26-22)27-25(30)29(24)20-10-4-3-5-11-20/h3-5,8-11,14-16,19,23-24H,6-7,12-13H2,1-2H3,(H,27,30)/t23-,24+/m0/s1. The summed E-state index contributed by atoms with van der Waals surface area (Å²) in [5.41, 5.74) is 6.18. The fourth-order valence-corrected chi connectivity index (χ4v) is 5.71. The summed E-state index contributed by atoms with van der Waals surface area (Å²) in [7, 11) is 0. The summed E-state index contributed by atoms with van der Waals surface area (Å²) in [5, 5.41) is 4.34. The van der Waals surface area contributed by atoms with Gasteiger partial charge in [0.15, 0.2) is 5.11 Å². The maximum absolute atomic E-state index is 5.85. The Balaban J connectivity index is 1.64. The van der Waals surface area contributed by atoms with E-state index in [2.05, 4.69) is 76.1 Å². The molecule has 0 bridgehead atoms. The fourth-order valence-electron chi connectivity index (χ4n) is 5.36.